The van der Waals surface area contributed by atoms with E-state index < -0.39 is 11.7 Å². The maximum absolute atomic E-state index is 13.8. The Kier molecular flexibility index (Phi) is 6.89. The molecule has 242 valence electrons. The van der Waals surface area contributed by atoms with Gasteiger partial charge in [-0.05, 0) is 85.3 Å². The summed E-state index contributed by atoms with van der Waals surface area (Å²) in [6.45, 7) is 8.14. The van der Waals surface area contributed by atoms with Crippen LogP contribution in [0, 0.1) is 50.4 Å². The predicted octanol–water partition coefficient (Wildman–Crippen LogP) is 11.5. The molecule has 0 saturated heterocycles. The van der Waals surface area contributed by atoms with Crippen molar-refractivity contribution in [2.75, 3.05) is 0 Å². The molecule has 0 radical (unpaired) electrons. The molecule has 8 rings (SSSR count). The molecule has 0 aliphatic carbocycles. The Morgan fingerprint density at radius 3 is 1.26 bits per heavy atom. The molecule has 50 heavy (non-hydrogen) atoms. The van der Waals surface area contributed by atoms with E-state index in [1.54, 1.807) is 0 Å². The van der Waals surface area contributed by atoms with E-state index in [4.69, 9.17) is 0 Å². The standard InChI is InChI=1S/C43H29F3N4/c1-24-9-5-13-32-33-14-6-10-25(2)40(33)49(39(24)32)37-20-28(31-18-17-30(43(44,45)46)19-29(31)22-47)21-38(36(37)23-48)50-41-26(3)11-7-15-34(41)35-16-8-12-27(4)42(35)50/h5-21H,1-4H3. The summed E-state index contributed by atoms with van der Waals surface area (Å²) in [6.07, 6.45) is -4.61. The van der Waals surface area contributed by atoms with Crippen molar-refractivity contribution in [1.29, 1.82) is 10.5 Å². The first kappa shape index (κ1) is 31.0. The van der Waals surface area contributed by atoms with Gasteiger partial charge in [-0.3, -0.25) is 0 Å². The van der Waals surface area contributed by atoms with Crippen molar-refractivity contribution in [1.82, 2.24) is 9.13 Å². The minimum absolute atomic E-state index is 0.106. The SMILES string of the molecule is Cc1cccc2c3cccc(C)c3n(-c3cc(-c4ccc(C(F)(F)F)cc4C#N)cc(-n4c5c(C)cccc5c5cccc(C)c54)c3C#N)c12. The van der Waals surface area contributed by atoms with E-state index in [-0.39, 0.29) is 5.56 Å². The average Bonchev–Trinajstić information content (AvgIpc) is 3.63. The zero-order chi connectivity index (χ0) is 35.1. The number of fused-ring (bicyclic) bond motifs is 6. The van der Waals surface area contributed by atoms with Gasteiger partial charge in [0.25, 0.3) is 0 Å². The number of para-hydroxylation sites is 4. The van der Waals surface area contributed by atoms with E-state index in [1.165, 1.54) is 6.07 Å². The van der Waals surface area contributed by atoms with Crippen LogP contribution >= 0.6 is 0 Å². The normalized spacial score (nSPS) is 11.9. The Bertz CT molecular complexity index is 2550. The number of aryl methyl sites for hydroxylation is 4. The second-order valence-corrected chi connectivity index (χ2v) is 12.9. The quantitative estimate of drug-likeness (QED) is 0.190. The Balaban J connectivity index is 1.61. The van der Waals surface area contributed by atoms with Crippen LogP contribution < -0.4 is 0 Å². The molecule has 0 atom stereocenters. The van der Waals surface area contributed by atoms with E-state index in [0.29, 0.717) is 28.1 Å². The molecule has 0 N–H and O–H groups in total. The Labute approximate surface area is 286 Å². The van der Waals surface area contributed by atoms with Crippen LogP contribution in [0.3, 0.4) is 0 Å². The summed E-state index contributed by atoms with van der Waals surface area (Å²) in [5.74, 6) is 0. The molecule has 0 amide bonds. The van der Waals surface area contributed by atoms with Crippen LogP contribution in [0.25, 0.3) is 66.1 Å². The van der Waals surface area contributed by atoms with Gasteiger partial charge in [0.2, 0.25) is 0 Å². The lowest BCUT2D eigenvalue weighted by molar-refractivity contribution is -0.137. The fourth-order valence-electron chi connectivity index (χ4n) is 7.70. The first-order valence-corrected chi connectivity index (χ1v) is 16.2. The fourth-order valence-corrected chi connectivity index (χ4v) is 7.70. The van der Waals surface area contributed by atoms with Crippen LogP contribution in [0.5, 0.6) is 0 Å². The largest absolute Gasteiger partial charge is 0.416 e. The third-order valence-electron chi connectivity index (χ3n) is 9.89. The van der Waals surface area contributed by atoms with E-state index in [9.17, 15) is 23.7 Å². The third kappa shape index (κ3) is 4.44. The van der Waals surface area contributed by atoms with Crippen LogP contribution in [0.15, 0.2) is 103 Å². The lowest BCUT2D eigenvalue weighted by Gasteiger charge is -2.20. The van der Waals surface area contributed by atoms with Gasteiger partial charge < -0.3 is 9.13 Å². The second-order valence-electron chi connectivity index (χ2n) is 12.9. The zero-order valence-corrected chi connectivity index (χ0v) is 27.7. The highest BCUT2D eigenvalue weighted by atomic mass is 19.4. The molecule has 4 nitrogen and oxygen atoms in total. The number of hydrogen-bond donors (Lipinski definition) is 0. The molecular weight excluding hydrogens is 629 g/mol. The summed E-state index contributed by atoms with van der Waals surface area (Å²) in [4.78, 5) is 0. The Hall–Kier alpha value is -6.31. The minimum atomic E-state index is -4.61. The van der Waals surface area contributed by atoms with Crippen molar-refractivity contribution < 1.29 is 13.2 Å². The molecule has 2 aromatic heterocycles. The van der Waals surface area contributed by atoms with Gasteiger partial charge in [-0.15, -0.1) is 0 Å². The van der Waals surface area contributed by atoms with Crippen LogP contribution in [-0.2, 0) is 6.18 Å². The Morgan fingerprint density at radius 1 is 0.520 bits per heavy atom. The average molecular weight is 659 g/mol. The molecule has 0 spiro atoms. The van der Waals surface area contributed by atoms with Crippen molar-refractivity contribution in [3.8, 4) is 34.6 Å². The van der Waals surface area contributed by atoms with Crippen LogP contribution in [0.4, 0.5) is 13.2 Å². The molecule has 0 bridgehead atoms. The van der Waals surface area contributed by atoms with Crippen molar-refractivity contribution in [2.45, 2.75) is 33.9 Å². The topological polar surface area (TPSA) is 57.4 Å². The number of rotatable bonds is 3. The van der Waals surface area contributed by atoms with Crippen molar-refractivity contribution >= 4 is 43.6 Å². The highest BCUT2D eigenvalue weighted by molar-refractivity contribution is 6.13. The van der Waals surface area contributed by atoms with Crippen molar-refractivity contribution in [2.24, 2.45) is 0 Å². The van der Waals surface area contributed by atoms with Gasteiger partial charge >= 0.3 is 6.18 Å². The minimum Gasteiger partial charge on any atom is -0.307 e. The van der Waals surface area contributed by atoms with Crippen molar-refractivity contribution in [3.05, 3.63) is 142 Å². The number of aromatic nitrogens is 2. The summed E-state index contributed by atoms with van der Waals surface area (Å²) >= 11 is 0. The smallest absolute Gasteiger partial charge is 0.307 e. The molecular formula is C43H29F3N4. The van der Waals surface area contributed by atoms with E-state index in [1.807, 2.05) is 94.4 Å². The second kappa shape index (κ2) is 11.1. The molecule has 6 aromatic carbocycles. The van der Waals surface area contributed by atoms with Crippen LogP contribution in [0.1, 0.15) is 38.9 Å². The van der Waals surface area contributed by atoms with Gasteiger partial charge in [0.05, 0.1) is 50.6 Å². The lowest BCUT2D eigenvalue weighted by Crippen LogP contribution is -2.08. The number of halogens is 3. The molecule has 0 saturated carbocycles. The first-order chi connectivity index (χ1) is 24.0. The van der Waals surface area contributed by atoms with Gasteiger partial charge in [-0.2, -0.15) is 23.7 Å². The number of hydrogen-bond acceptors (Lipinski definition) is 2. The summed E-state index contributed by atoms with van der Waals surface area (Å²) in [5, 5.41) is 25.5. The highest BCUT2D eigenvalue weighted by Crippen LogP contribution is 2.43. The fraction of sp³-hybridized carbons (Fsp3) is 0.116. The summed E-state index contributed by atoms with van der Waals surface area (Å²) in [5.41, 5.74) is 9.15. The summed E-state index contributed by atoms with van der Waals surface area (Å²) in [7, 11) is 0. The van der Waals surface area contributed by atoms with Gasteiger partial charge in [0.1, 0.15) is 11.6 Å². The highest BCUT2D eigenvalue weighted by Gasteiger charge is 2.32. The van der Waals surface area contributed by atoms with Gasteiger partial charge in [-0.1, -0.05) is 78.9 Å². The van der Waals surface area contributed by atoms with E-state index >= 15 is 0 Å². The van der Waals surface area contributed by atoms with Crippen LogP contribution in [-0.4, -0.2) is 9.13 Å². The molecule has 0 aliphatic rings. The maximum atomic E-state index is 13.8. The number of nitrogens with zero attached hydrogens (tertiary/aromatic N) is 4. The van der Waals surface area contributed by atoms with Crippen molar-refractivity contribution in [3.63, 3.8) is 0 Å². The maximum Gasteiger partial charge on any atom is 0.416 e. The first-order valence-electron chi connectivity index (χ1n) is 16.2. The molecule has 7 heteroatoms. The third-order valence-corrected chi connectivity index (χ3v) is 9.89. The predicted molar refractivity (Wildman–Crippen MR) is 194 cm³/mol. The van der Waals surface area contributed by atoms with Gasteiger partial charge in [0.15, 0.2) is 0 Å². The molecule has 2 heterocycles. The lowest BCUT2D eigenvalue weighted by atomic mass is 9.95. The number of nitriles is 2. The van der Waals surface area contributed by atoms with E-state index in [0.717, 1.165) is 78.0 Å². The number of benzene rings is 6. The number of alkyl halides is 3. The summed E-state index contributed by atoms with van der Waals surface area (Å²) in [6, 6.07) is 36.0. The molecule has 8 aromatic rings. The zero-order valence-electron chi connectivity index (χ0n) is 27.7. The van der Waals surface area contributed by atoms with E-state index in [2.05, 4.69) is 39.5 Å². The summed E-state index contributed by atoms with van der Waals surface area (Å²) < 4.78 is 45.7. The molecule has 0 aliphatic heterocycles. The molecule has 0 unspecified atom stereocenters. The Morgan fingerprint density at radius 2 is 0.920 bits per heavy atom. The van der Waals surface area contributed by atoms with Gasteiger partial charge in [-0.25, -0.2) is 0 Å². The molecule has 0 fully saturated rings. The van der Waals surface area contributed by atoms with Crippen LogP contribution in [0.2, 0.25) is 0 Å². The monoisotopic (exact) mass is 658 g/mol. The van der Waals surface area contributed by atoms with Gasteiger partial charge in [0, 0.05) is 21.5 Å².